The summed E-state index contributed by atoms with van der Waals surface area (Å²) in [5.74, 6) is 0.0865. The Morgan fingerprint density at radius 2 is 1.81 bits per heavy atom. The number of thioether (sulfide) groups is 1. The fraction of sp³-hybridized carbons (Fsp3) is 0.250. The number of carbonyl (C=O) groups excluding carboxylic acids is 1. The Balaban J connectivity index is 1.70. The number of hydrogen-bond acceptors (Lipinski definition) is 4. The van der Waals surface area contributed by atoms with Gasteiger partial charge < -0.3 is 9.47 Å². The first-order valence-electron chi connectivity index (χ1n) is 8.57. The molecule has 1 aromatic heterocycles. The number of hydrogen-bond donors (Lipinski definition) is 0. The monoisotopic (exact) mass is 384 g/mol. The van der Waals surface area contributed by atoms with Crippen LogP contribution in [0.4, 0.5) is 4.39 Å². The van der Waals surface area contributed by atoms with E-state index in [-0.39, 0.29) is 17.0 Å². The Morgan fingerprint density at radius 3 is 2.52 bits per heavy atom. The Kier molecular flexibility index (Phi) is 5.91. The van der Waals surface area contributed by atoms with Gasteiger partial charge in [-0.2, -0.15) is 0 Å². The summed E-state index contributed by atoms with van der Waals surface area (Å²) in [6.07, 6.45) is 0. The minimum Gasteiger partial charge on any atom is -0.340 e. The number of nitrogens with zero attached hydrogens (tertiary/aromatic N) is 4. The van der Waals surface area contributed by atoms with Gasteiger partial charge in [0.15, 0.2) is 11.0 Å². The fourth-order valence-corrected chi connectivity index (χ4v) is 3.68. The molecule has 1 unspecified atom stereocenters. The quantitative estimate of drug-likeness (QED) is 0.607. The molecule has 2 aromatic carbocycles. The van der Waals surface area contributed by atoms with Crippen molar-refractivity contribution >= 4 is 17.7 Å². The third-order valence-corrected chi connectivity index (χ3v) is 5.34. The highest BCUT2D eigenvalue weighted by atomic mass is 32.2. The van der Waals surface area contributed by atoms with E-state index in [1.54, 1.807) is 41.8 Å². The molecule has 0 spiro atoms. The summed E-state index contributed by atoms with van der Waals surface area (Å²) in [7, 11) is 3.56. The maximum atomic E-state index is 14.0. The molecule has 0 bridgehead atoms. The number of rotatable bonds is 6. The summed E-state index contributed by atoms with van der Waals surface area (Å²) < 4.78 is 15.7. The van der Waals surface area contributed by atoms with Crippen molar-refractivity contribution < 1.29 is 9.18 Å². The minimum atomic E-state index is -0.351. The van der Waals surface area contributed by atoms with Gasteiger partial charge >= 0.3 is 0 Å². The number of aromatic nitrogens is 3. The van der Waals surface area contributed by atoms with Gasteiger partial charge in [0.05, 0.1) is 10.8 Å². The fourth-order valence-electron chi connectivity index (χ4n) is 2.75. The van der Waals surface area contributed by atoms with Crippen LogP contribution in [0, 0.1) is 5.82 Å². The Hall–Kier alpha value is -2.67. The largest absolute Gasteiger partial charge is 0.340 e. The molecule has 3 rings (SSSR count). The molecule has 1 atom stereocenters. The van der Waals surface area contributed by atoms with Crippen molar-refractivity contribution in [3.05, 3.63) is 66.0 Å². The van der Waals surface area contributed by atoms with E-state index in [0.717, 1.165) is 5.56 Å². The maximum Gasteiger partial charge on any atom is 0.235 e. The van der Waals surface area contributed by atoms with Crippen molar-refractivity contribution in [3.63, 3.8) is 0 Å². The molecule has 140 valence electrons. The highest BCUT2D eigenvalue weighted by molar-refractivity contribution is 8.00. The van der Waals surface area contributed by atoms with Crippen LogP contribution in [0.3, 0.4) is 0 Å². The zero-order valence-corrected chi connectivity index (χ0v) is 16.3. The van der Waals surface area contributed by atoms with Crippen LogP contribution in [0.1, 0.15) is 12.5 Å². The Labute approximate surface area is 162 Å². The average molecular weight is 384 g/mol. The van der Waals surface area contributed by atoms with Crippen molar-refractivity contribution in [1.82, 2.24) is 19.7 Å². The SMILES string of the molecule is CC(Sc1nnc(-c2ccccc2F)n1C)C(=O)N(C)Cc1ccccc1. The normalized spacial score (nSPS) is 12.0. The van der Waals surface area contributed by atoms with E-state index in [2.05, 4.69) is 10.2 Å². The predicted octanol–water partition coefficient (Wildman–Crippen LogP) is 3.76. The van der Waals surface area contributed by atoms with E-state index < -0.39 is 0 Å². The lowest BCUT2D eigenvalue weighted by atomic mass is 10.2. The van der Waals surface area contributed by atoms with Crippen LogP contribution in [-0.4, -0.2) is 37.9 Å². The summed E-state index contributed by atoms with van der Waals surface area (Å²) in [6, 6.07) is 16.3. The molecule has 3 aromatic rings. The number of halogens is 1. The van der Waals surface area contributed by atoms with E-state index >= 15 is 0 Å². The summed E-state index contributed by atoms with van der Waals surface area (Å²) in [6.45, 7) is 2.38. The minimum absolute atomic E-state index is 0.000653. The van der Waals surface area contributed by atoms with Gasteiger partial charge in [-0.15, -0.1) is 10.2 Å². The van der Waals surface area contributed by atoms with Crippen molar-refractivity contribution in [2.24, 2.45) is 7.05 Å². The molecule has 0 saturated heterocycles. The van der Waals surface area contributed by atoms with E-state index in [9.17, 15) is 9.18 Å². The zero-order valence-electron chi connectivity index (χ0n) is 15.5. The number of carbonyl (C=O) groups is 1. The second-order valence-corrected chi connectivity index (χ2v) is 7.59. The van der Waals surface area contributed by atoms with Crippen LogP contribution in [0.15, 0.2) is 59.8 Å². The Bertz CT molecular complexity index is 929. The molecular formula is C20H21FN4OS. The molecule has 1 heterocycles. The predicted molar refractivity (Wildman–Crippen MR) is 105 cm³/mol. The average Bonchev–Trinajstić information content (AvgIpc) is 3.02. The van der Waals surface area contributed by atoms with Crippen molar-refractivity contribution in [3.8, 4) is 11.4 Å². The molecule has 5 nitrogen and oxygen atoms in total. The lowest BCUT2D eigenvalue weighted by Gasteiger charge is -2.21. The van der Waals surface area contributed by atoms with Crippen LogP contribution >= 0.6 is 11.8 Å². The van der Waals surface area contributed by atoms with Crippen molar-refractivity contribution in [2.45, 2.75) is 23.9 Å². The van der Waals surface area contributed by atoms with Crippen molar-refractivity contribution in [1.29, 1.82) is 0 Å². The molecule has 0 aliphatic carbocycles. The summed E-state index contributed by atoms with van der Waals surface area (Å²) >= 11 is 1.31. The van der Waals surface area contributed by atoms with Gasteiger partial charge in [0.25, 0.3) is 0 Å². The summed E-state index contributed by atoms with van der Waals surface area (Å²) in [5.41, 5.74) is 1.46. The molecule has 27 heavy (non-hydrogen) atoms. The highest BCUT2D eigenvalue weighted by Gasteiger charge is 2.22. The summed E-state index contributed by atoms with van der Waals surface area (Å²) in [5, 5.41) is 8.47. The van der Waals surface area contributed by atoms with Crippen LogP contribution in [-0.2, 0) is 18.4 Å². The van der Waals surface area contributed by atoms with Gasteiger partial charge in [-0.25, -0.2) is 4.39 Å². The maximum absolute atomic E-state index is 14.0. The van der Waals surface area contributed by atoms with E-state index in [0.29, 0.717) is 23.1 Å². The van der Waals surface area contributed by atoms with Crippen LogP contribution in [0.2, 0.25) is 0 Å². The zero-order chi connectivity index (χ0) is 19.4. The topological polar surface area (TPSA) is 51.0 Å². The van der Waals surface area contributed by atoms with E-state index in [1.807, 2.05) is 37.3 Å². The molecule has 0 N–H and O–H groups in total. The van der Waals surface area contributed by atoms with Crippen LogP contribution in [0.25, 0.3) is 11.4 Å². The molecule has 0 fully saturated rings. The second-order valence-electron chi connectivity index (χ2n) is 6.29. The smallest absolute Gasteiger partial charge is 0.235 e. The molecule has 0 radical (unpaired) electrons. The lowest BCUT2D eigenvalue weighted by molar-refractivity contribution is -0.129. The second kappa shape index (κ2) is 8.35. The molecular weight excluding hydrogens is 363 g/mol. The summed E-state index contributed by atoms with van der Waals surface area (Å²) in [4.78, 5) is 14.4. The van der Waals surface area contributed by atoms with Gasteiger partial charge in [-0.1, -0.05) is 54.2 Å². The highest BCUT2D eigenvalue weighted by Crippen LogP contribution is 2.27. The van der Waals surface area contributed by atoms with E-state index in [1.165, 1.54) is 17.8 Å². The number of amides is 1. The Morgan fingerprint density at radius 1 is 1.15 bits per heavy atom. The first-order valence-corrected chi connectivity index (χ1v) is 9.45. The standard InChI is InChI=1S/C20H21FN4OS/c1-14(19(26)24(2)13-15-9-5-4-6-10-15)27-20-23-22-18(25(20)3)16-11-7-8-12-17(16)21/h4-12,14H,13H2,1-3H3. The third-order valence-electron chi connectivity index (χ3n) is 4.22. The van der Waals surface area contributed by atoms with Gasteiger partial charge in [0.1, 0.15) is 5.82 Å². The van der Waals surface area contributed by atoms with Crippen LogP contribution in [0.5, 0.6) is 0 Å². The number of benzene rings is 2. The molecule has 0 aliphatic rings. The first kappa shape index (κ1) is 19.1. The van der Waals surface area contributed by atoms with Gasteiger partial charge in [0, 0.05) is 20.6 Å². The molecule has 1 amide bonds. The lowest BCUT2D eigenvalue weighted by Crippen LogP contribution is -2.32. The van der Waals surface area contributed by atoms with Crippen LogP contribution < -0.4 is 0 Å². The van der Waals surface area contributed by atoms with Crippen molar-refractivity contribution in [2.75, 3.05) is 7.05 Å². The van der Waals surface area contributed by atoms with Gasteiger partial charge in [0.2, 0.25) is 5.91 Å². The third kappa shape index (κ3) is 4.36. The van der Waals surface area contributed by atoms with Gasteiger partial charge in [-0.3, -0.25) is 4.79 Å². The van der Waals surface area contributed by atoms with E-state index in [4.69, 9.17) is 0 Å². The molecule has 7 heteroatoms. The van der Waals surface area contributed by atoms with Gasteiger partial charge in [-0.05, 0) is 24.6 Å². The molecule has 0 saturated carbocycles. The molecule has 0 aliphatic heterocycles. The first-order chi connectivity index (χ1) is 13.0.